The van der Waals surface area contributed by atoms with E-state index in [0.29, 0.717) is 0 Å². The molecule has 1 aliphatic rings. The maximum absolute atomic E-state index is 11.5. The number of para-hydroxylation sites is 1. The van der Waals surface area contributed by atoms with Crippen LogP contribution in [-0.4, -0.2) is 17.1 Å². The van der Waals surface area contributed by atoms with Gasteiger partial charge in [-0.2, -0.15) is 0 Å². The molecular weight excluding hydrogens is 226 g/mol. The Morgan fingerprint density at radius 3 is 2.72 bits per heavy atom. The Kier molecular flexibility index (Phi) is 2.61. The number of rotatable bonds is 1. The third-order valence-corrected chi connectivity index (χ3v) is 2.82. The molecule has 0 bridgehead atoms. The molecule has 1 amide bonds. The van der Waals surface area contributed by atoms with Gasteiger partial charge in [-0.1, -0.05) is 24.3 Å². The molecule has 1 aromatic carbocycles. The van der Waals surface area contributed by atoms with E-state index in [0.717, 1.165) is 16.9 Å². The van der Waals surface area contributed by atoms with Gasteiger partial charge in [0.25, 0.3) is 5.91 Å². The second kappa shape index (κ2) is 4.41. The Hall–Kier alpha value is -2.49. The number of aromatic nitrogens is 1. The number of amides is 1. The zero-order valence-corrected chi connectivity index (χ0v) is 9.58. The molecule has 2 heterocycles. The van der Waals surface area contributed by atoms with Crippen molar-refractivity contribution in [2.75, 3.05) is 5.32 Å². The summed E-state index contributed by atoms with van der Waals surface area (Å²) in [6, 6.07) is 13.1. The van der Waals surface area contributed by atoms with Crippen LogP contribution >= 0.6 is 0 Å². The first-order valence-electron chi connectivity index (χ1n) is 5.68. The number of carbonyl (C=O) groups is 1. The van der Waals surface area contributed by atoms with E-state index < -0.39 is 0 Å². The van der Waals surface area contributed by atoms with Gasteiger partial charge in [0.15, 0.2) is 0 Å². The number of fused-ring (bicyclic) bond motifs is 1. The molecule has 88 valence electrons. The van der Waals surface area contributed by atoms with Gasteiger partial charge in [-0.3, -0.25) is 14.8 Å². The normalized spacial score (nSPS) is 17.8. The molecule has 0 aliphatic carbocycles. The van der Waals surface area contributed by atoms with Crippen LogP contribution in [0, 0.1) is 0 Å². The predicted octanol–water partition coefficient (Wildman–Crippen LogP) is 2.19. The van der Waals surface area contributed by atoms with E-state index >= 15 is 0 Å². The fourth-order valence-corrected chi connectivity index (χ4v) is 2.01. The van der Waals surface area contributed by atoms with Gasteiger partial charge < -0.3 is 5.32 Å². The molecule has 1 aliphatic heterocycles. The average molecular weight is 237 g/mol. The van der Waals surface area contributed by atoms with Crippen molar-refractivity contribution < 1.29 is 4.79 Å². The van der Waals surface area contributed by atoms with Gasteiger partial charge in [0, 0.05) is 17.4 Å². The SMILES string of the molecule is O=C1C=NC(c2ccccn2)c2ccccc2N1. The van der Waals surface area contributed by atoms with Crippen molar-refractivity contribution in [2.24, 2.45) is 4.99 Å². The van der Waals surface area contributed by atoms with Crippen LogP contribution in [0.1, 0.15) is 17.3 Å². The number of benzene rings is 1. The minimum absolute atomic E-state index is 0.208. The van der Waals surface area contributed by atoms with Gasteiger partial charge in [0.1, 0.15) is 6.04 Å². The Morgan fingerprint density at radius 1 is 1.06 bits per heavy atom. The summed E-state index contributed by atoms with van der Waals surface area (Å²) in [7, 11) is 0. The van der Waals surface area contributed by atoms with Gasteiger partial charge in [-0.25, -0.2) is 0 Å². The summed E-state index contributed by atoms with van der Waals surface area (Å²) >= 11 is 0. The van der Waals surface area contributed by atoms with Crippen LogP contribution in [0.4, 0.5) is 5.69 Å². The van der Waals surface area contributed by atoms with Crippen molar-refractivity contribution in [3.63, 3.8) is 0 Å². The molecule has 0 saturated heterocycles. The fraction of sp³-hybridized carbons (Fsp3) is 0.0714. The zero-order chi connectivity index (χ0) is 12.4. The average Bonchev–Trinajstić information content (AvgIpc) is 2.58. The lowest BCUT2D eigenvalue weighted by molar-refractivity contribution is -0.109. The quantitative estimate of drug-likeness (QED) is 0.826. The maximum Gasteiger partial charge on any atom is 0.266 e. The second-order valence-electron chi connectivity index (χ2n) is 4.01. The lowest BCUT2D eigenvalue weighted by Gasteiger charge is -2.13. The number of pyridine rings is 1. The molecule has 3 rings (SSSR count). The Labute approximate surface area is 104 Å². The maximum atomic E-state index is 11.5. The van der Waals surface area contributed by atoms with E-state index in [4.69, 9.17) is 0 Å². The van der Waals surface area contributed by atoms with E-state index in [1.165, 1.54) is 6.21 Å². The number of anilines is 1. The van der Waals surface area contributed by atoms with Crippen molar-refractivity contribution in [1.82, 2.24) is 4.98 Å². The first-order valence-corrected chi connectivity index (χ1v) is 5.68. The van der Waals surface area contributed by atoms with Crippen LogP contribution in [-0.2, 0) is 4.79 Å². The van der Waals surface area contributed by atoms with Crippen LogP contribution < -0.4 is 5.32 Å². The number of hydrogen-bond donors (Lipinski definition) is 1. The molecule has 0 spiro atoms. The highest BCUT2D eigenvalue weighted by Gasteiger charge is 2.20. The van der Waals surface area contributed by atoms with E-state index in [1.807, 2.05) is 42.5 Å². The molecule has 1 N–H and O–H groups in total. The van der Waals surface area contributed by atoms with Gasteiger partial charge >= 0.3 is 0 Å². The summed E-state index contributed by atoms with van der Waals surface area (Å²) in [4.78, 5) is 20.2. The number of carbonyl (C=O) groups excluding carboxylic acids is 1. The monoisotopic (exact) mass is 237 g/mol. The Morgan fingerprint density at radius 2 is 1.89 bits per heavy atom. The number of nitrogens with zero attached hydrogens (tertiary/aromatic N) is 2. The van der Waals surface area contributed by atoms with E-state index in [9.17, 15) is 4.79 Å². The third-order valence-electron chi connectivity index (χ3n) is 2.82. The summed E-state index contributed by atoms with van der Waals surface area (Å²) in [6.45, 7) is 0. The molecule has 4 nitrogen and oxygen atoms in total. The molecule has 2 aromatic rings. The Bertz CT molecular complexity index is 607. The highest BCUT2D eigenvalue weighted by molar-refractivity contribution is 6.32. The molecule has 0 saturated carbocycles. The van der Waals surface area contributed by atoms with E-state index in [2.05, 4.69) is 15.3 Å². The number of aliphatic imine (C=N–C) groups is 1. The fourth-order valence-electron chi connectivity index (χ4n) is 2.01. The molecule has 1 unspecified atom stereocenters. The first-order chi connectivity index (χ1) is 8.84. The summed E-state index contributed by atoms with van der Waals surface area (Å²) in [5, 5.41) is 2.81. The lowest BCUT2D eigenvalue weighted by Crippen LogP contribution is -2.11. The zero-order valence-electron chi connectivity index (χ0n) is 9.58. The van der Waals surface area contributed by atoms with Crippen LogP contribution in [0.25, 0.3) is 0 Å². The first kappa shape index (κ1) is 10.7. The molecular formula is C14H11N3O. The van der Waals surface area contributed by atoms with Crippen molar-refractivity contribution in [1.29, 1.82) is 0 Å². The lowest BCUT2D eigenvalue weighted by atomic mass is 10.0. The van der Waals surface area contributed by atoms with Crippen LogP contribution in [0.2, 0.25) is 0 Å². The summed E-state index contributed by atoms with van der Waals surface area (Å²) in [6.07, 6.45) is 3.05. The topological polar surface area (TPSA) is 54.4 Å². The summed E-state index contributed by atoms with van der Waals surface area (Å²) < 4.78 is 0. The minimum Gasteiger partial charge on any atom is -0.321 e. The molecule has 0 fully saturated rings. The van der Waals surface area contributed by atoms with Crippen LogP contribution in [0.15, 0.2) is 53.7 Å². The molecule has 4 heteroatoms. The van der Waals surface area contributed by atoms with Crippen molar-refractivity contribution in [3.05, 3.63) is 59.9 Å². The smallest absolute Gasteiger partial charge is 0.266 e. The highest BCUT2D eigenvalue weighted by atomic mass is 16.1. The van der Waals surface area contributed by atoms with Crippen molar-refractivity contribution in [3.8, 4) is 0 Å². The second-order valence-corrected chi connectivity index (χ2v) is 4.01. The number of hydrogen-bond acceptors (Lipinski definition) is 3. The molecule has 1 aromatic heterocycles. The highest BCUT2D eigenvalue weighted by Crippen LogP contribution is 2.31. The van der Waals surface area contributed by atoms with Crippen LogP contribution in [0.5, 0.6) is 0 Å². The standard InChI is InChI=1S/C14H11N3O/c18-13-9-16-14(12-7-3-4-8-15-12)10-5-1-2-6-11(10)17-13/h1-9,14H,(H,17,18). The molecule has 0 radical (unpaired) electrons. The largest absolute Gasteiger partial charge is 0.321 e. The van der Waals surface area contributed by atoms with Gasteiger partial charge in [-0.05, 0) is 18.2 Å². The Balaban J connectivity index is 2.14. The predicted molar refractivity (Wildman–Crippen MR) is 69.6 cm³/mol. The van der Waals surface area contributed by atoms with Crippen molar-refractivity contribution >= 4 is 17.8 Å². The van der Waals surface area contributed by atoms with E-state index in [1.54, 1.807) is 6.20 Å². The number of nitrogens with one attached hydrogen (secondary N) is 1. The molecule has 18 heavy (non-hydrogen) atoms. The van der Waals surface area contributed by atoms with E-state index in [-0.39, 0.29) is 11.9 Å². The third kappa shape index (κ3) is 1.88. The van der Waals surface area contributed by atoms with Gasteiger partial charge in [0.05, 0.1) is 11.9 Å². The summed E-state index contributed by atoms with van der Waals surface area (Å²) in [5.74, 6) is -0.208. The minimum atomic E-state index is -0.235. The van der Waals surface area contributed by atoms with Crippen molar-refractivity contribution in [2.45, 2.75) is 6.04 Å². The summed E-state index contributed by atoms with van der Waals surface area (Å²) in [5.41, 5.74) is 2.58. The van der Waals surface area contributed by atoms with Gasteiger partial charge in [-0.15, -0.1) is 0 Å². The van der Waals surface area contributed by atoms with Gasteiger partial charge in [0.2, 0.25) is 0 Å². The van der Waals surface area contributed by atoms with Crippen LogP contribution in [0.3, 0.4) is 0 Å². The molecule has 1 atom stereocenters.